The maximum absolute atomic E-state index is 13.0. The molecule has 31 heavy (non-hydrogen) atoms. The molecule has 8 nitrogen and oxygen atoms in total. The van der Waals surface area contributed by atoms with Crippen LogP contribution in [-0.4, -0.2) is 38.9 Å². The highest BCUT2D eigenvalue weighted by molar-refractivity contribution is 5.79. The Morgan fingerprint density at radius 2 is 1.97 bits per heavy atom. The van der Waals surface area contributed by atoms with Gasteiger partial charge in [0, 0.05) is 37.6 Å². The van der Waals surface area contributed by atoms with E-state index < -0.39 is 5.60 Å². The highest BCUT2D eigenvalue weighted by atomic mass is 19.1. The lowest BCUT2D eigenvalue weighted by atomic mass is 10.00. The van der Waals surface area contributed by atoms with Gasteiger partial charge < -0.3 is 20.5 Å². The average Bonchev–Trinajstić information content (AvgIpc) is 3.20. The molecule has 0 amide bonds. The molecule has 0 spiro atoms. The first-order valence-electron chi connectivity index (χ1n) is 9.98. The van der Waals surface area contributed by atoms with E-state index in [2.05, 4.69) is 25.7 Å². The van der Waals surface area contributed by atoms with Crippen LogP contribution in [0.3, 0.4) is 0 Å². The second-order valence-electron chi connectivity index (χ2n) is 7.29. The first-order valence-corrected chi connectivity index (χ1v) is 9.98. The van der Waals surface area contributed by atoms with Gasteiger partial charge in [-0.15, -0.1) is 0 Å². The molecule has 0 aliphatic heterocycles. The van der Waals surface area contributed by atoms with E-state index in [0.717, 1.165) is 11.1 Å². The third kappa shape index (κ3) is 6.51. The summed E-state index contributed by atoms with van der Waals surface area (Å²) in [6.07, 6.45) is 5.11. The molecule has 0 aliphatic rings. The van der Waals surface area contributed by atoms with Crippen LogP contribution < -0.4 is 15.4 Å². The van der Waals surface area contributed by atoms with Gasteiger partial charge in [-0.2, -0.15) is 5.10 Å². The second-order valence-corrected chi connectivity index (χ2v) is 7.29. The van der Waals surface area contributed by atoms with Gasteiger partial charge >= 0.3 is 0 Å². The molecule has 3 rings (SSSR count). The van der Waals surface area contributed by atoms with E-state index in [1.165, 1.54) is 12.1 Å². The Bertz CT molecular complexity index is 1000. The Morgan fingerprint density at radius 1 is 1.19 bits per heavy atom. The van der Waals surface area contributed by atoms with Crippen molar-refractivity contribution in [1.82, 2.24) is 25.4 Å². The molecule has 164 valence electrons. The molecule has 3 aromatic rings. The third-order valence-corrected chi connectivity index (χ3v) is 4.52. The molecule has 0 fully saturated rings. The maximum atomic E-state index is 13.0. The molecule has 2 heterocycles. The van der Waals surface area contributed by atoms with Crippen LogP contribution in [0.4, 0.5) is 4.39 Å². The summed E-state index contributed by atoms with van der Waals surface area (Å²) in [5.41, 5.74) is 0.521. The van der Waals surface area contributed by atoms with Crippen LogP contribution in [-0.2, 0) is 19.2 Å². The van der Waals surface area contributed by atoms with E-state index in [9.17, 15) is 9.50 Å². The predicted molar refractivity (Wildman–Crippen MR) is 116 cm³/mol. The van der Waals surface area contributed by atoms with Crippen LogP contribution >= 0.6 is 0 Å². The van der Waals surface area contributed by atoms with Crippen molar-refractivity contribution < 1.29 is 14.2 Å². The zero-order valence-corrected chi connectivity index (χ0v) is 17.8. The molecule has 9 heteroatoms. The molecule has 1 unspecified atom stereocenters. The molecule has 0 bridgehead atoms. The number of aliphatic hydroxyl groups is 1. The lowest BCUT2D eigenvalue weighted by Crippen LogP contribution is -2.44. The van der Waals surface area contributed by atoms with Crippen molar-refractivity contribution in [3.8, 4) is 11.6 Å². The average molecular weight is 426 g/mol. The highest BCUT2D eigenvalue weighted by Gasteiger charge is 2.25. The number of aliphatic imine (C=N–C) groups is 1. The molecule has 0 saturated carbocycles. The van der Waals surface area contributed by atoms with Gasteiger partial charge in [0.1, 0.15) is 17.2 Å². The van der Waals surface area contributed by atoms with E-state index in [1.54, 1.807) is 48.4 Å². The van der Waals surface area contributed by atoms with E-state index in [4.69, 9.17) is 4.74 Å². The van der Waals surface area contributed by atoms with E-state index in [0.29, 0.717) is 30.7 Å². The summed E-state index contributed by atoms with van der Waals surface area (Å²) in [5.74, 6) is 1.19. The Morgan fingerprint density at radius 3 is 2.58 bits per heavy atom. The summed E-state index contributed by atoms with van der Waals surface area (Å²) in [5, 5.41) is 21.2. The summed E-state index contributed by atoms with van der Waals surface area (Å²) in [4.78, 5) is 8.82. The van der Waals surface area contributed by atoms with Crippen molar-refractivity contribution in [2.75, 3.05) is 13.1 Å². The monoisotopic (exact) mass is 426 g/mol. The Labute approximate surface area is 180 Å². The molecule has 2 aromatic heterocycles. The first-order chi connectivity index (χ1) is 14.9. The number of aryl methyl sites for hydroxylation is 1. The topological polar surface area (TPSA) is 96.6 Å². The van der Waals surface area contributed by atoms with Gasteiger partial charge in [0.2, 0.25) is 5.88 Å². The maximum Gasteiger partial charge on any atom is 0.219 e. The highest BCUT2D eigenvalue weighted by Crippen LogP contribution is 2.20. The minimum Gasteiger partial charge on any atom is -0.439 e. The zero-order chi connectivity index (χ0) is 22.3. The summed E-state index contributed by atoms with van der Waals surface area (Å²) in [7, 11) is 1.81. The van der Waals surface area contributed by atoms with Crippen LogP contribution in [0.5, 0.6) is 11.6 Å². The minimum absolute atomic E-state index is 0.271. The Balaban J connectivity index is 1.58. The predicted octanol–water partition coefficient (Wildman–Crippen LogP) is 2.71. The molecular formula is C22H27FN6O2. The number of rotatable bonds is 8. The number of nitrogens with zero attached hydrogens (tertiary/aromatic N) is 4. The fourth-order valence-corrected chi connectivity index (χ4v) is 2.76. The number of pyridine rings is 1. The number of halogens is 1. The molecular weight excluding hydrogens is 399 g/mol. The number of aromatic nitrogens is 3. The molecule has 1 atom stereocenters. The van der Waals surface area contributed by atoms with Gasteiger partial charge in [0.05, 0.1) is 19.3 Å². The van der Waals surface area contributed by atoms with Crippen molar-refractivity contribution >= 4 is 5.96 Å². The number of guanidine groups is 1. The van der Waals surface area contributed by atoms with Crippen LogP contribution in [0, 0.1) is 5.82 Å². The Hall–Kier alpha value is -3.46. The minimum atomic E-state index is -1.09. The van der Waals surface area contributed by atoms with Crippen molar-refractivity contribution in [3.05, 3.63) is 71.9 Å². The van der Waals surface area contributed by atoms with Crippen molar-refractivity contribution in [2.24, 2.45) is 12.0 Å². The quantitative estimate of drug-likeness (QED) is 0.379. The number of hydrogen-bond donors (Lipinski definition) is 3. The largest absolute Gasteiger partial charge is 0.439 e. The number of benzene rings is 1. The van der Waals surface area contributed by atoms with Gasteiger partial charge in [-0.3, -0.25) is 4.68 Å². The van der Waals surface area contributed by atoms with Crippen LogP contribution in [0.25, 0.3) is 0 Å². The number of hydrogen-bond acceptors (Lipinski definition) is 5. The van der Waals surface area contributed by atoms with Crippen molar-refractivity contribution in [3.63, 3.8) is 0 Å². The van der Waals surface area contributed by atoms with Crippen LogP contribution in [0.2, 0.25) is 0 Å². The SMILES string of the molecule is CCNC(=NCc1ccc(Oc2ccc(F)cc2)nc1)NCC(C)(O)c1cnn(C)c1. The summed E-state index contributed by atoms with van der Waals surface area (Å²) >= 11 is 0. The fraction of sp³-hybridized carbons (Fsp3) is 0.318. The summed E-state index contributed by atoms with van der Waals surface area (Å²) < 4.78 is 20.2. The smallest absolute Gasteiger partial charge is 0.219 e. The molecule has 0 radical (unpaired) electrons. The number of nitrogens with one attached hydrogen (secondary N) is 2. The molecule has 0 saturated heterocycles. The van der Waals surface area contributed by atoms with Crippen LogP contribution in [0.15, 0.2) is 60.0 Å². The fourth-order valence-electron chi connectivity index (χ4n) is 2.76. The Kier molecular flexibility index (Phi) is 7.19. The summed E-state index contributed by atoms with van der Waals surface area (Å²) in [6.45, 7) is 5.05. The van der Waals surface area contributed by atoms with Gasteiger partial charge in [-0.1, -0.05) is 6.07 Å². The van der Waals surface area contributed by atoms with Gasteiger partial charge in [0.25, 0.3) is 0 Å². The zero-order valence-electron chi connectivity index (χ0n) is 17.8. The lowest BCUT2D eigenvalue weighted by molar-refractivity contribution is 0.0616. The van der Waals surface area contributed by atoms with E-state index >= 15 is 0 Å². The molecule has 0 aliphatic carbocycles. The van der Waals surface area contributed by atoms with E-state index in [-0.39, 0.29) is 12.4 Å². The summed E-state index contributed by atoms with van der Waals surface area (Å²) in [6, 6.07) is 9.36. The van der Waals surface area contributed by atoms with Gasteiger partial charge in [0.15, 0.2) is 5.96 Å². The van der Waals surface area contributed by atoms with E-state index in [1.807, 2.05) is 20.0 Å². The second kappa shape index (κ2) is 10.0. The molecule has 1 aromatic carbocycles. The van der Waals surface area contributed by atoms with Crippen LogP contribution in [0.1, 0.15) is 25.0 Å². The van der Waals surface area contributed by atoms with Crippen molar-refractivity contribution in [1.29, 1.82) is 0 Å². The standard InChI is InChI=1S/C22H27FN6O2/c1-4-24-21(27-15-22(2,30)17-13-28-29(3)14-17)26-12-16-5-10-20(25-11-16)31-19-8-6-18(23)7-9-19/h5-11,13-14,30H,4,12,15H2,1-3H3,(H2,24,26,27). The van der Waals surface area contributed by atoms with Gasteiger partial charge in [-0.25, -0.2) is 14.4 Å². The molecule has 3 N–H and O–H groups in total. The first kappa shape index (κ1) is 22.2. The third-order valence-electron chi connectivity index (χ3n) is 4.52. The normalized spacial score (nSPS) is 13.5. The van der Waals surface area contributed by atoms with Gasteiger partial charge in [-0.05, 0) is 43.7 Å². The van der Waals surface area contributed by atoms with Crippen molar-refractivity contribution in [2.45, 2.75) is 26.0 Å². The lowest BCUT2D eigenvalue weighted by Gasteiger charge is -2.23. The number of ether oxygens (including phenoxy) is 1.